The van der Waals surface area contributed by atoms with Crippen LogP contribution in [0, 0.1) is 6.92 Å². The topological polar surface area (TPSA) is 68.0 Å². The number of nitrogen functional groups attached to an aromatic ring is 1. The highest BCUT2D eigenvalue weighted by Crippen LogP contribution is 2.13. The van der Waals surface area contributed by atoms with Gasteiger partial charge in [-0.2, -0.15) is 0 Å². The lowest BCUT2D eigenvalue weighted by atomic mass is 10.1. The predicted octanol–water partition coefficient (Wildman–Crippen LogP) is 2.46. The molecule has 0 aliphatic rings. The highest BCUT2D eigenvalue weighted by atomic mass is 16.1. The zero-order valence-corrected chi connectivity index (χ0v) is 11.8. The highest BCUT2D eigenvalue weighted by molar-refractivity contribution is 5.95. The molecule has 0 aliphatic carbocycles. The Morgan fingerprint density at radius 1 is 1.35 bits per heavy atom. The van der Waals surface area contributed by atoms with Gasteiger partial charge in [0.1, 0.15) is 0 Å². The van der Waals surface area contributed by atoms with Crippen molar-refractivity contribution in [3.05, 3.63) is 58.9 Å². The van der Waals surface area contributed by atoms with E-state index in [1.807, 2.05) is 25.1 Å². The van der Waals surface area contributed by atoms with Gasteiger partial charge in [-0.3, -0.25) is 9.78 Å². The Labute approximate surface area is 119 Å². The van der Waals surface area contributed by atoms with Crippen molar-refractivity contribution in [3.8, 4) is 0 Å². The Morgan fingerprint density at radius 3 is 2.85 bits per heavy atom. The first-order valence-corrected chi connectivity index (χ1v) is 6.69. The number of nitrogens with zero attached hydrogens (tertiary/aromatic N) is 1. The van der Waals surface area contributed by atoms with Gasteiger partial charge in [0.2, 0.25) is 0 Å². The molecule has 2 aromatic rings. The van der Waals surface area contributed by atoms with Gasteiger partial charge in [0, 0.05) is 17.4 Å². The molecule has 0 spiro atoms. The lowest BCUT2D eigenvalue weighted by Crippen LogP contribution is -2.24. The van der Waals surface area contributed by atoms with Crippen molar-refractivity contribution in [2.24, 2.45) is 0 Å². The molecule has 3 N–H and O–H groups in total. The molecule has 0 radical (unpaired) electrons. The van der Waals surface area contributed by atoms with Crippen molar-refractivity contribution >= 4 is 11.6 Å². The number of carbonyl (C=O) groups is 1. The van der Waals surface area contributed by atoms with Crippen LogP contribution < -0.4 is 11.1 Å². The van der Waals surface area contributed by atoms with Crippen LogP contribution in [0.1, 0.15) is 34.1 Å². The number of pyridine rings is 1. The normalized spacial score (nSPS) is 10.3. The summed E-state index contributed by atoms with van der Waals surface area (Å²) in [6, 6.07) is 9.26. The lowest BCUT2D eigenvalue weighted by molar-refractivity contribution is 0.0950. The van der Waals surface area contributed by atoms with Crippen LogP contribution in [0.5, 0.6) is 0 Å². The molecule has 1 amide bonds. The first kappa shape index (κ1) is 14.1. The van der Waals surface area contributed by atoms with Crippen molar-refractivity contribution < 1.29 is 4.79 Å². The minimum absolute atomic E-state index is 0.135. The molecule has 1 aromatic heterocycles. The van der Waals surface area contributed by atoms with E-state index in [0.717, 1.165) is 23.2 Å². The SMILES string of the molecule is CCc1cccnc1CNC(=O)c1ccc(C)c(N)c1. The van der Waals surface area contributed by atoms with Crippen LogP contribution in [0.2, 0.25) is 0 Å². The number of carbonyl (C=O) groups excluding carboxylic acids is 1. The summed E-state index contributed by atoms with van der Waals surface area (Å²) in [4.78, 5) is 16.4. The smallest absolute Gasteiger partial charge is 0.251 e. The fraction of sp³-hybridized carbons (Fsp3) is 0.250. The van der Waals surface area contributed by atoms with Crippen LogP contribution in [-0.2, 0) is 13.0 Å². The summed E-state index contributed by atoms with van der Waals surface area (Å²) in [6.45, 7) is 4.41. The van der Waals surface area contributed by atoms with E-state index >= 15 is 0 Å². The van der Waals surface area contributed by atoms with Gasteiger partial charge in [-0.1, -0.05) is 19.1 Å². The van der Waals surface area contributed by atoms with Gasteiger partial charge in [-0.05, 0) is 42.7 Å². The molecule has 4 nitrogen and oxygen atoms in total. The van der Waals surface area contributed by atoms with Gasteiger partial charge >= 0.3 is 0 Å². The van der Waals surface area contributed by atoms with E-state index < -0.39 is 0 Å². The monoisotopic (exact) mass is 269 g/mol. The van der Waals surface area contributed by atoms with E-state index in [2.05, 4.69) is 17.2 Å². The zero-order valence-electron chi connectivity index (χ0n) is 11.8. The minimum Gasteiger partial charge on any atom is -0.398 e. The van der Waals surface area contributed by atoms with Crippen molar-refractivity contribution in [1.29, 1.82) is 0 Å². The van der Waals surface area contributed by atoms with Gasteiger partial charge in [-0.25, -0.2) is 0 Å². The summed E-state index contributed by atoms with van der Waals surface area (Å²) in [5, 5.41) is 2.88. The summed E-state index contributed by atoms with van der Waals surface area (Å²) in [5.41, 5.74) is 10.0. The number of hydrogen-bond acceptors (Lipinski definition) is 3. The van der Waals surface area contributed by atoms with Crippen LogP contribution in [0.4, 0.5) is 5.69 Å². The molecule has 104 valence electrons. The largest absolute Gasteiger partial charge is 0.398 e. The molecule has 0 bridgehead atoms. The van der Waals surface area contributed by atoms with E-state index in [0.29, 0.717) is 17.8 Å². The second-order valence-corrected chi connectivity index (χ2v) is 4.72. The molecule has 0 fully saturated rings. The number of amides is 1. The molecule has 20 heavy (non-hydrogen) atoms. The van der Waals surface area contributed by atoms with Crippen LogP contribution in [0.15, 0.2) is 36.5 Å². The number of hydrogen-bond donors (Lipinski definition) is 2. The second kappa shape index (κ2) is 6.19. The molecule has 1 heterocycles. The first-order chi connectivity index (χ1) is 9.61. The van der Waals surface area contributed by atoms with Gasteiger partial charge in [-0.15, -0.1) is 0 Å². The van der Waals surface area contributed by atoms with Crippen LogP contribution in [0.3, 0.4) is 0 Å². The lowest BCUT2D eigenvalue weighted by Gasteiger charge is -2.09. The van der Waals surface area contributed by atoms with Crippen LogP contribution in [0.25, 0.3) is 0 Å². The number of aromatic nitrogens is 1. The molecule has 0 atom stereocenters. The van der Waals surface area contributed by atoms with Crippen LogP contribution >= 0.6 is 0 Å². The maximum atomic E-state index is 12.1. The summed E-state index contributed by atoms with van der Waals surface area (Å²) < 4.78 is 0. The predicted molar refractivity (Wildman–Crippen MR) is 80.4 cm³/mol. The average molecular weight is 269 g/mol. The number of nitrogens with one attached hydrogen (secondary N) is 1. The van der Waals surface area contributed by atoms with Crippen molar-refractivity contribution in [1.82, 2.24) is 10.3 Å². The number of nitrogens with two attached hydrogens (primary N) is 1. The Kier molecular flexibility index (Phi) is 4.35. The number of anilines is 1. The van der Waals surface area contributed by atoms with Gasteiger partial charge < -0.3 is 11.1 Å². The van der Waals surface area contributed by atoms with E-state index in [4.69, 9.17) is 5.73 Å². The number of aryl methyl sites for hydroxylation is 2. The minimum atomic E-state index is -0.135. The fourth-order valence-corrected chi connectivity index (χ4v) is 2.00. The quantitative estimate of drug-likeness (QED) is 0.838. The second-order valence-electron chi connectivity index (χ2n) is 4.72. The average Bonchev–Trinajstić information content (AvgIpc) is 2.47. The summed E-state index contributed by atoms with van der Waals surface area (Å²) >= 11 is 0. The summed E-state index contributed by atoms with van der Waals surface area (Å²) in [7, 11) is 0. The third-order valence-corrected chi connectivity index (χ3v) is 3.32. The van der Waals surface area contributed by atoms with Crippen molar-refractivity contribution in [2.45, 2.75) is 26.8 Å². The highest BCUT2D eigenvalue weighted by Gasteiger charge is 2.08. The van der Waals surface area contributed by atoms with E-state index in [9.17, 15) is 4.79 Å². The van der Waals surface area contributed by atoms with E-state index in [1.165, 1.54) is 0 Å². The Morgan fingerprint density at radius 2 is 2.15 bits per heavy atom. The molecule has 0 unspecified atom stereocenters. The standard InChI is InChI=1S/C16H19N3O/c1-3-12-5-4-8-18-15(12)10-19-16(20)13-7-6-11(2)14(17)9-13/h4-9H,3,10,17H2,1-2H3,(H,19,20). The number of benzene rings is 1. The Hall–Kier alpha value is -2.36. The van der Waals surface area contributed by atoms with Gasteiger partial charge in [0.25, 0.3) is 5.91 Å². The van der Waals surface area contributed by atoms with Crippen molar-refractivity contribution in [3.63, 3.8) is 0 Å². The third-order valence-electron chi connectivity index (χ3n) is 3.32. The Balaban J connectivity index is 2.06. The molecule has 1 aromatic carbocycles. The molecule has 2 rings (SSSR count). The van der Waals surface area contributed by atoms with Gasteiger partial charge in [0.15, 0.2) is 0 Å². The Bertz CT molecular complexity index is 623. The van der Waals surface area contributed by atoms with E-state index in [1.54, 1.807) is 18.3 Å². The summed E-state index contributed by atoms with van der Waals surface area (Å²) in [6.07, 6.45) is 2.64. The third kappa shape index (κ3) is 3.15. The molecule has 0 saturated carbocycles. The fourth-order valence-electron chi connectivity index (χ4n) is 2.00. The maximum Gasteiger partial charge on any atom is 0.251 e. The van der Waals surface area contributed by atoms with Gasteiger partial charge in [0.05, 0.1) is 12.2 Å². The summed E-state index contributed by atoms with van der Waals surface area (Å²) in [5.74, 6) is -0.135. The maximum absolute atomic E-state index is 12.1. The molecule has 4 heteroatoms. The number of rotatable bonds is 4. The zero-order chi connectivity index (χ0) is 14.5. The molecular weight excluding hydrogens is 250 g/mol. The molecule has 0 aliphatic heterocycles. The molecule has 0 saturated heterocycles. The van der Waals surface area contributed by atoms with Crippen molar-refractivity contribution in [2.75, 3.05) is 5.73 Å². The van der Waals surface area contributed by atoms with Crippen LogP contribution in [-0.4, -0.2) is 10.9 Å². The molecular formula is C16H19N3O. The van der Waals surface area contributed by atoms with E-state index in [-0.39, 0.29) is 5.91 Å². The first-order valence-electron chi connectivity index (χ1n) is 6.69.